The van der Waals surface area contributed by atoms with Crippen molar-refractivity contribution in [3.05, 3.63) is 10.6 Å². The molecule has 0 bridgehead atoms. The standard InChI is InChI=1S/C12H20N2OS/c1-8(2)6-14(5)12-13-11(9(3)4)10(7-15)16-12/h7-9H,6H2,1-5H3. The zero-order chi connectivity index (χ0) is 12.3. The van der Waals surface area contributed by atoms with Crippen LogP contribution >= 0.6 is 11.3 Å². The highest BCUT2D eigenvalue weighted by atomic mass is 32.1. The van der Waals surface area contributed by atoms with E-state index in [1.54, 1.807) is 0 Å². The van der Waals surface area contributed by atoms with Crippen LogP contribution in [0.15, 0.2) is 0 Å². The number of rotatable bonds is 5. The van der Waals surface area contributed by atoms with Crippen molar-refractivity contribution < 1.29 is 4.79 Å². The van der Waals surface area contributed by atoms with E-state index < -0.39 is 0 Å². The predicted octanol–water partition coefficient (Wildman–Crippen LogP) is 3.17. The topological polar surface area (TPSA) is 33.2 Å². The second-order valence-electron chi connectivity index (χ2n) is 4.79. The Morgan fingerprint density at radius 3 is 2.38 bits per heavy atom. The van der Waals surface area contributed by atoms with Crippen molar-refractivity contribution in [2.24, 2.45) is 5.92 Å². The largest absolute Gasteiger partial charge is 0.351 e. The summed E-state index contributed by atoms with van der Waals surface area (Å²) in [5.41, 5.74) is 0.922. The molecule has 3 nitrogen and oxygen atoms in total. The van der Waals surface area contributed by atoms with Crippen molar-refractivity contribution in [1.29, 1.82) is 0 Å². The zero-order valence-electron chi connectivity index (χ0n) is 10.7. The summed E-state index contributed by atoms with van der Waals surface area (Å²) in [5, 5.41) is 0.944. The van der Waals surface area contributed by atoms with Gasteiger partial charge < -0.3 is 4.90 Å². The van der Waals surface area contributed by atoms with Gasteiger partial charge in [-0.3, -0.25) is 4.79 Å². The third-order valence-electron chi connectivity index (χ3n) is 2.29. The normalized spacial score (nSPS) is 11.2. The lowest BCUT2D eigenvalue weighted by atomic mass is 10.1. The highest BCUT2D eigenvalue weighted by Gasteiger charge is 2.16. The first-order valence-corrected chi connectivity index (χ1v) is 6.44. The van der Waals surface area contributed by atoms with Gasteiger partial charge in [0.25, 0.3) is 0 Å². The minimum Gasteiger partial charge on any atom is -0.351 e. The van der Waals surface area contributed by atoms with Gasteiger partial charge in [-0.25, -0.2) is 4.98 Å². The number of hydrogen-bond donors (Lipinski definition) is 0. The van der Waals surface area contributed by atoms with Crippen LogP contribution in [0.3, 0.4) is 0 Å². The number of anilines is 1. The highest BCUT2D eigenvalue weighted by molar-refractivity contribution is 7.17. The maximum atomic E-state index is 10.9. The average molecular weight is 240 g/mol. The van der Waals surface area contributed by atoms with Crippen molar-refractivity contribution in [3.63, 3.8) is 0 Å². The molecule has 0 atom stereocenters. The molecule has 1 rings (SSSR count). The van der Waals surface area contributed by atoms with E-state index in [-0.39, 0.29) is 0 Å². The van der Waals surface area contributed by atoms with Crippen molar-refractivity contribution in [2.75, 3.05) is 18.5 Å². The van der Waals surface area contributed by atoms with Crippen LogP contribution in [0.2, 0.25) is 0 Å². The van der Waals surface area contributed by atoms with Gasteiger partial charge in [0.2, 0.25) is 0 Å². The second-order valence-corrected chi connectivity index (χ2v) is 5.80. The maximum absolute atomic E-state index is 10.9. The Balaban J connectivity index is 2.94. The first-order valence-electron chi connectivity index (χ1n) is 5.62. The molecule has 0 aliphatic heterocycles. The van der Waals surface area contributed by atoms with E-state index in [1.165, 1.54) is 11.3 Å². The number of carbonyl (C=O) groups is 1. The van der Waals surface area contributed by atoms with Gasteiger partial charge in [0.05, 0.1) is 10.6 Å². The molecule has 0 fully saturated rings. The van der Waals surface area contributed by atoms with Crippen LogP contribution in [0.5, 0.6) is 0 Å². The Morgan fingerprint density at radius 1 is 1.38 bits per heavy atom. The molecule has 0 aromatic carbocycles. The summed E-state index contributed by atoms with van der Waals surface area (Å²) in [4.78, 5) is 18.4. The van der Waals surface area contributed by atoms with E-state index >= 15 is 0 Å². The third-order valence-corrected chi connectivity index (χ3v) is 3.40. The molecule has 16 heavy (non-hydrogen) atoms. The van der Waals surface area contributed by atoms with Gasteiger partial charge in [0.15, 0.2) is 11.4 Å². The summed E-state index contributed by atoms with van der Waals surface area (Å²) in [6.45, 7) is 9.44. The molecule has 1 heterocycles. The first-order chi connectivity index (χ1) is 7.45. The summed E-state index contributed by atoms with van der Waals surface area (Å²) in [7, 11) is 2.03. The maximum Gasteiger partial charge on any atom is 0.185 e. The van der Waals surface area contributed by atoms with Gasteiger partial charge in [-0.15, -0.1) is 0 Å². The Kier molecular flexibility index (Phi) is 4.47. The number of thiazole rings is 1. The van der Waals surface area contributed by atoms with Gasteiger partial charge in [-0.1, -0.05) is 39.0 Å². The Bertz CT molecular complexity index is 358. The third kappa shape index (κ3) is 3.04. The van der Waals surface area contributed by atoms with Crippen LogP contribution < -0.4 is 4.90 Å². The molecule has 0 unspecified atom stereocenters. The molecule has 0 spiro atoms. The molecule has 0 amide bonds. The van der Waals surface area contributed by atoms with Crippen molar-refractivity contribution in [2.45, 2.75) is 33.6 Å². The van der Waals surface area contributed by atoms with Crippen molar-refractivity contribution in [3.8, 4) is 0 Å². The van der Waals surface area contributed by atoms with Gasteiger partial charge in [0, 0.05) is 13.6 Å². The van der Waals surface area contributed by atoms with Gasteiger partial charge in [-0.05, 0) is 11.8 Å². The van der Waals surface area contributed by atoms with Crippen LogP contribution in [0.1, 0.15) is 49.0 Å². The van der Waals surface area contributed by atoms with Crippen LogP contribution in [-0.4, -0.2) is 24.9 Å². The van der Waals surface area contributed by atoms with E-state index in [0.29, 0.717) is 11.8 Å². The van der Waals surface area contributed by atoms with E-state index in [2.05, 4.69) is 37.6 Å². The SMILES string of the molecule is CC(C)CN(C)c1nc(C(C)C)c(C=O)s1. The van der Waals surface area contributed by atoms with Crippen LogP contribution in [0.4, 0.5) is 5.13 Å². The molecular weight excluding hydrogens is 220 g/mol. The molecule has 0 saturated heterocycles. The minimum atomic E-state index is 0.303. The highest BCUT2D eigenvalue weighted by Crippen LogP contribution is 2.29. The Labute approximate surface area is 101 Å². The molecule has 0 N–H and O–H groups in total. The van der Waals surface area contributed by atoms with Crippen LogP contribution in [0.25, 0.3) is 0 Å². The predicted molar refractivity (Wildman–Crippen MR) is 69.7 cm³/mol. The fourth-order valence-corrected chi connectivity index (χ4v) is 2.62. The van der Waals surface area contributed by atoms with Gasteiger partial charge >= 0.3 is 0 Å². The molecule has 90 valence electrons. The number of hydrogen-bond acceptors (Lipinski definition) is 4. The zero-order valence-corrected chi connectivity index (χ0v) is 11.5. The molecule has 4 heteroatoms. The van der Waals surface area contributed by atoms with Crippen molar-refractivity contribution >= 4 is 22.8 Å². The summed E-state index contributed by atoms with van der Waals surface area (Å²) in [6, 6.07) is 0. The van der Waals surface area contributed by atoms with Gasteiger partial charge in [0.1, 0.15) is 0 Å². The second kappa shape index (κ2) is 5.43. The monoisotopic (exact) mass is 240 g/mol. The van der Waals surface area contributed by atoms with Crippen LogP contribution in [-0.2, 0) is 0 Å². The average Bonchev–Trinajstić information content (AvgIpc) is 2.60. The van der Waals surface area contributed by atoms with E-state index in [0.717, 1.165) is 28.5 Å². The molecule has 0 radical (unpaired) electrons. The quantitative estimate of drug-likeness (QED) is 0.741. The lowest BCUT2D eigenvalue weighted by molar-refractivity contribution is 0.112. The number of aldehydes is 1. The summed E-state index contributed by atoms with van der Waals surface area (Å²) in [5.74, 6) is 0.897. The summed E-state index contributed by atoms with van der Waals surface area (Å²) >= 11 is 1.48. The van der Waals surface area contributed by atoms with E-state index in [9.17, 15) is 4.79 Å². The number of nitrogens with zero attached hydrogens (tertiary/aromatic N) is 2. The van der Waals surface area contributed by atoms with Crippen molar-refractivity contribution in [1.82, 2.24) is 4.98 Å². The lowest BCUT2D eigenvalue weighted by Crippen LogP contribution is -2.22. The van der Waals surface area contributed by atoms with Gasteiger partial charge in [-0.2, -0.15) is 0 Å². The first kappa shape index (κ1) is 13.2. The van der Waals surface area contributed by atoms with E-state index in [1.807, 2.05) is 7.05 Å². The fourth-order valence-electron chi connectivity index (χ4n) is 1.62. The fraction of sp³-hybridized carbons (Fsp3) is 0.667. The number of carbonyl (C=O) groups excluding carboxylic acids is 1. The number of aromatic nitrogens is 1. The molecule has 1 aromatic heterocycles. The van der Waals surface area contributed by atoms with Crippen LogP contribution in [0, 0.1) is 5.92 Å². The summed E-state index contributed by atoms with van der Waals surface area (Å²) < 4.78 is 0. The molecular formula is C12H20N2OS. The molecule has 0 aliphatic carbocycles. The summed E-state index contributed by atoms with van der Waals surface area (Å²) in [6.07, 6.45) is 0.916. The molecule has 0 saturated carbocycles. The Morgan fingerprint density at radius 2 is 2.00 bits per heavy atom. The lowest BCUT2D eigenvalue weighted by Gasteiger charge is -2.17. The van der Waals surface area contributed by atoms with E-state index in [4.69, 9.17) is 0 Å². The molecule has 1 aromatic rings. The smallest absolute Gasteiger partial charge is 0.185 e. The minimum absolute atomic E-state index is 0.303. The Hall–Kier alpha value is -0.900. The molecule has 0 aliphatic rings.